The van der Waals surface area contributed by atoms with Crippen molar-refractivity contribution in [3.63, 3.8) is 0 Å². The zero-order chi connectivity index (χ0) is 19.4. The van der Waals surface area contributed by atoms with Crippen LogP contribution in [0, 0.1) is 10.1 Å². The third-order valence-electron chi connectivity index (χ3n) is 3.43. The van der Waals surface area contributed by atoms with Gasteiger partial charge in [-0.3, -0.25) is 15.5 Å². The Hall–Kier alpha value is -3.69. The van der Waals surface area contributed by atoms with E-state index in [1.165, 1.54) is 18.3 Å². The van der Waals surface area contributed by atoms with Crippen molar-refractivity contribution in [3.8, 4) is 11.3 Å². The molecule has 3 aromatic rings. The minimum Gasteiger partial charge on any atom is -0.455 e. The van der Waals surface area contributed by atoms with Gasteiger partial charge in [-0.1, -0.05) is 12.1 Å². The van der Waals surface area contributed by atoms with Gasteiger partial charge in [0, 0.05) is 23.9 Å². The number of nitro benzene ring substituents is 1. The van der Waals surface area contributed by atoms with Crippen molar-refractivity contribution in [3.05, 3.63) is 76.2 Å². The largest absolute Gasteiger partial charge is 0.455 e. The second kappa shape index (κ2) is 7.28. The highest BCUT2D eigenvalue weighted by Gasteiger charge is 2.30. The molecule has 3 rings (SSSR count). The predicted molar refractivity (Wildman–Crippen MR) is 91.3 cm³/mol. The minimum atomic E-state index is -4.45. The number of pyridine rings is 1. The summed E-state index contributed by atoms with van der Waals surface area (Å²) < 4.78 is 42.9. The van der Waals surface area contributed by atoms with E-state index in [0.29, 0.717) is 23.3 Å². The molecular formula is C17H11F3N4O3. The summed E-state index contributed by atoms with van der Waals surface area (Å²) in [6.45, 7) is 0. The summed E-state index contributed by atoms with van der Waals surface area (Å²) in [4.78, 5) is 13.9. The van der Waals surface area contributed by atoms with Crippen LogP contribution in [0.15, 0.2) is 64.2 Å². The summed E-state index contributed by atoms with van der Waals surface area (Å²) in [6.07, 6.45) is -2.45. The number of furan rings is 1. The Morgan fingerprint density at radius 2 is 2.00 bits per heavy atom. The van der Waals surface area contributed by atoms with Crippen LogP contribution in [-0.4, -0.2) is 16.1 Å². The van der Waals surface area contributed by atoms with Gasteiger partial charge in [-0.25, -0.2) is 4.98 Å². The van der Waals surface area contributed by atoms with Gasteiger partial charge in [-0.2, -0.15) is 18.3 Å². The highest BCUT2D eigenvalue weighted by atomic mass is 19.4. The van der Waals surface area contributed by atoms with Crippen LogP contribution in [0.25, 0.3) is 11.3 Å². The van der Waals surface area contributed by atoms with E-state index in [9.17, 15) is 23.3 Å². The summed E-state index contributed by atoms with van der Waals surface area (Å²) in [5.41, 5.74) is 2.10. The van der Waals surface area contributed by atoms with Crippen LogP contribution in [-0.2, 0) is 6.18 Å². The Kier molecular flexibility index (Phi) is 4.88. The lowest BCUT2D eigenvalue weighted by Gasteiger charge is -2.06. The Bertz CT molecular complexity index is 982. The molecule has 2 heterocycles. The molecule has 0 atom stereocenters. The molecule has 0 amide bonds. The molecule has 138 valence electrons. The molecule has 0 fully saturated rings. The second-order valence-corrected chi connectivity index (χ2v) is 5.31. The van der Waals surface area contributed by atoms with E-state index < -0.39 is 16.7 Å². The summed E-state index contributed by atoms with van der Waals surface area (Å²) >= 11 is 0. The van der Waals surface area contributed by atoms with Gasteiger partial charge in [0.15, 0.2) is 0 Å². The summed E-state index contributed by atoms with van der Waals surface area (Å²) in [5, 5.41) is 14.7. The van der Waals surface area contributed by atoms with E-state index in [1.54, 1.807) is 24.3 Å². The number of aromatic nitrogens is 1. The lowest BCUT2D eigenvalue weighted by atomic mass is 10.1. The first-order chi connectivity index (χ1) is 12.8. The molecule has 7 nitrogen and oxygen atoms in total. The van der Waals surface area contributed by atoms with E-state index in [0.717, 1.165) is 12.1 Å². The molecule has 27 heavy (non-hydrogen) atoms. The topological polar surface area (TPSA) is 93.6 Å². The number of hydrazone groups is 1. The number of anilines is 1. The van der Waals surface area contributed by atoms with Gasteiger partial charge in [0.1, 0.15) is 17.3 Å². The molecule has 1 N–H and O–H groups in total. The van der Waals surface area contributed by atoms with Crippen molar-refractivity contribution in [2.45, 2.75) is 6.18 Å². The van der Waals surface area contributed by atoms with Crippen LogP contribution in [0.5, 0.6) is 0 Å². The molecule has 0 saturated heterocycles. The van der Waals surface area contributed by atoms with Crippen LogP contribution in [0.2, 0.25) is 0 Å². The second-order valence-electron chi connectivity index (χ2n) is 5.31. The molecule has 1 aromatic carbocycles. The molecule has 0 spiro atoms. The van der Waals surface area contributed by atoms with Crippen LogP contribution in [0.3, 0.4) is 0 Å². The van der Waals surface area contributed by atoms with E-state index in [4.69, 9.17) is 4.42 Å². The van der Waals surface area contributed by atoms with E-state index >= 15 is 0 Å². The van der Waals surface area contributed by atoms with Crippen LogP contribution < -0.4 is 5.43 Å². The van der Waals surface area contributed by atoms with Gasteiger partial charge in [0.25, 0.3) is 5.69 Å². The summed E-state index contributed by atoms with van der Waals surface area (Å²) in [7, 11) is 0. The quantitative estimate of drug-likeness (QED) is 0.395. The maximum absolute atomic E-state index is 12.5. The van der Waals surface area contributed by atoms with Crippen molar-refractivity contribution < 1.29 is 22.5 Å². The predicted octanol–water partition coefficient (Wildman–Crippen LogP) is 4.71. The molecule has 0 aliphatic carbocycles. The van der Waals surface area contributed by atoms with Gasteiger partial charge < -0.3 is 4.42 Å². The number of nitro groups is 1. The number of nitrogens with zero attached hydrogens (tertiary/aromatic N) is 3. The van der Waals surface area contributed by atoms with E-state index in [-0.39, 0.29) is 11.5 Å². The normalized spacial score (nSPS) is 11.7. The lowest BCUT2D eigenvalue weighted by Crippen LogP contribution is -2.05. The minimum absolute atomic E-state index is 0.0610. The number of rotatable bonds is 5. The molecular weight excluding hydrogens is 365 g/mol. The Morgan fingerprint density at radius 3 is 2.67 bits per heavy atom. The number of hydrogen-bond donors (Lipinski definition) is 1. The first-order valence-corrected chi connectivity index (χ1v) is 7.50. The molecule has 0 unspecified atom stereocenters. The molecule has 0 aliphatic heterocycles. The van der Waals surface area contributed by atoms with Gasteiger partial charge in [-0.05, 0) is 24.3 Å². The van der Waals surface area contributed by atoms with Crippen molar-refractivity contribution >= 4 is 17.7 Å². The van der Waals surface area contributed by atoms with Gasteiger partial charge in [0.05, 0.1) is 16.7 Å². The fraction of sp³-hybridized carbons (Fsp3) is 0.0588. The van der Waals surface area contributed by atoms with Gasteiger partial charge in [-0.15, -0.1) is 0 Å². The first-order valence-electron chi connectivity index (χ1n) is 7.50. The lowest BCUT2D eigenvalue weighted by molar-refractivity contribution is -0.384. The van der Waals surface area contributed by atoms with Crippen molar-refractivity contribution in [1.82, 2.24) is 4.98 Å². The molecule has 0 saturated carbocycles. The third-order valence-corrected chi connectivity index (χ3v) is 3.43. The van der Waals surface area contributed by atoms with E-state index in [1.807, 2.05) is 0 Å². The van der Waals surface area contributed by atoms with Gasteiger partial charge >= 0.3 is 6.18 Å². The average molecular weight is 376 g/mol. The fourth-order valence-electron chi connectivity index (χ4n) is 2.14. The maximum Gasteiger partial charge on any atom is 0.417 e. The van der Waals surface area contributed by atoms with Crippen molar-refractivity contribution in [2.75, 3.05) is 5.43 Å². The van der Waals surface area contributed by atoms with E-state index in [2.05, 4.69) is 15.5 Å². The first kappa shape index (κ1) is 18.1. The SMILES string of the molecule is O=[N+]([O-])c1cccc(-c2ccc(/C=N\Nc3ccc(C(F)(F)F)cn3)o2)c1. The molecule has 0 radical (unpaired) electrons. The molecule has 2 aromatic heterocycles. The zero-order valence-electron chi connectivity index (χ0n) is 13.5. The number of alkyl halides is 3. The number of non-ortho nitro benzene ring substituents is 1. The van der Waals surface area contributed by atoms with Crippen LogP contribution in [0.1, 0.15) is 11.3 Å². The van der Waals surface area contributed by atoms with Crippen molar-refractivity contribution in [1.29, 1.82) is 0 Å². The van der Waals surface area contributed by atoms with Crippen LogP contribution in [0.4, 0.5) is 24.7 Å². The van der Waals surface area contributed by atoms with Crippen molar-refractivity contribution in [2.24, 2.45) is 5.10 Å². The maximum atomic E-state index is 12.5. The Labute approximate surface area is 150 Å². The third kappa shape index (κ3) is 4.48. The monoisotopic (exact) mass is 376 g/mol. The van der Waals surface area contributed by atoms with Crippen LogP contribution >= 0.6 is 0 Å². The molecule has 0 aliphatic rings. The summed E-state index contributed by atoms with van der Waals surface area (Å²) in [6, 6.07) is 11.2. The highest BCUT2D eigenvalue weighted by Crippen LogP contribution is 2.29. The molecule has 10 heteroatoms. The Balaban J connectivity index is 1.67. The zero-order valence-corrected chi connectivity index (χ0v) is 13.5. The Morgan fingerprint density at radius 1 is 1.19 bits per heavy atom. The standard InChI is InChI=1S/C17H11F3N4O3/c18-17(19,20)12-4-7-16(21-9-12)23-22-10-14-5-6-15(27-14)11-2-1-3-13(8-11)24(25)26/h1-10H,(H,21,23)/b22-10-. The number of hydrogen-bond acceptors (Lipinski definition) is 6. The van der Waals surface area contributed by atoms with Gasteiger partial charge in [0.2, 0.25) is 0 Å². The molecule has 0 bridgehead atoms. The number of nitrogens with one attached hydrogen (secondary N) is 1. The fourth-order valence-corrected chi connectivity index (χ4v) is 2.14. The average Bonchev–Trinajstić information content (AvgIpc) is 3.10. The number of halogens is 3. The smallest absolute Gasteiger partial charge is 0.417 e. The highest BCUT2D eigenvalue weighted by molar-refractivity contribution is 5.78. The number of benzene rings is 1. The summed E-state index contributed by atoms with van der Waals surface area (Å²) in [5.74, 6) is 0.883.